The van der Waals surface area contributed by atoms with Gasteiger partial charge in [-0.05, 0) is 36.4 Å². The van der Waals surface area contributed by atoms with E-state index in [1.165, 1.54) is 0 Å². The second-order valence-electron chi connectivity index (χ2n) is 4.18. The van der Waals surface area contributed by atoms with Crippen molar-refractivity contribution in [2.45, 2.75) is 0 Å². The average molecular weight is 303 g/mol. The van der Waals surface area contributed by atoms with E-state index in [0.717, 1.165) is 0 Å². The zero-order valence-corrected chi connectivity index (χ0v) is 12.1. The van der Waals surface area contributed by atoms with Gasteiger partial charge in [0.2, 0.25) is 0 Å². The predicted octanol–water partition coefficient (Wildman–Crippen LogP) is 4.55. The third-order valence-electron chi connectivity index (χ3n) is 2.59. The number of urea groups is 1. The van der Waals surface area contributed by atoms with Crippen LogP contribution in [0.3, 0.4) is 0 Å². The van der Waals surface area contributed by atoms with Gasteiger partial charge in [-0.3, -0.25) is 0 Å². The molecule has 0 spiro atoms. The first kappa shape index (κ1) is 14.9. The lowest BCUT2D eigenvalue weighted by Gasteiger charge is -2.12. The summed E-state index contributed by atoms with van der Waals surface area (Å²) in [5, 5.41) is 6.07. The molecule has 0 unspecified atom stereocenters. The van der Waals surface area contributed by atoms with E-state index >= 15 is 0 Å². The highest BCUT2D eigenvalue weighted by atomic mass is 35.5. The molecule has 0 heterocycles. The fraction of sp³-hybridized carbons (Fsp3) is 0.0625. The van der Waals surface area contributed by atoms with Crippen molar-refractivity contribution in [2.24, 2.45) is 0 Å². The second kappa shape index (κ2) is 7.36. The molecule has 21 heavy (non-hydrogen) atoms. The van der Waals surface area contributed by atoms with Crippen LogP contribution in [0, 0.1) is 0 Å². The van der Waals surface area contributed by atoms with Crippen molar-refractivity contribution in [1.29, 1.82) is 0 Å². The van der Waals surface area contributed by atoms with Crippen molar-refractivity contribution >= 4 is 29.0 Å². The summed E-state index contributed by atoms with van der Waals surface area (Å²) < 4.78 is 5.48. The highest BCUT2D eigenvalue weighted by molar-refractivity contribution is 6.30. The maximum Gasteiger partial charge on any atom is 0.323 e. The van der Waals surface area contributed by atoms with Crippen molar-refractivity contribution in [3.63, 3.8) is 0 Å². The molecule has 0 aromatic heterocycles. The van der Waals surface area contributed by atoms with E-state index < -0.39 is 0 Å². The number of halogens is 1. The number of para-hydroxylation sites is 2. The van der Waals surface area contributed by atoms with Crippen LogP contribution in [0.15, 0.2) is 61.2 Å². The highest BCUT2D eigenvalue weighted by Gasteiger charge is 2.07. The molecule has 0 aliphatic rings. The Morgan fingerprint density at radius 3 is 2.57 bits per heavy atom. The van der Waals surface area contributed by atoms with Crippen LogP contribution in [0.1, 0.15) is 0 Å². The molecule has 108 valence electrons. The highest BCUT2D eigenvalue weighted by Crippen LogP contribution is 2.24. The van der Waals surface area contributed by atoms with E-state index in [-0.39, 0.29) is 6.03 Å². The van der Waals surface area contributed by atoms with Crippen LogP contribution in [-0.4, -0.2) is 12.6 Å². The van der Waals surface area contributed by atoms with E-state index in [2.05, 4.69) is 17.2 Å². The molecule has 4 nitrogen and oxygen atoms in total. The van der Waals surface area contributed by atoms with Gasteiger partial charge in [0.1, 0.15) is 12.4 Å². The Morgan fingerprint density at radius 1 is 1.14 bits per heavy atom. The Kier molecular flexibility index (Phi) is 5.23. The van der Waals surface area contributed by atoms with Gasteiger partial charge >= 0.3 is 6.03 Å². The predicted molar refractivity (Wildman–Crippen MR) is 86.2 cm³/mol. The van der Waals surface area contributed by atoms with Crippen LogP contribution in [0.4, 0.5) is 16.2 Å². The van der Waals surface area contributed by atoms with Crippen molar-refractivity contribution in [2.75, 3.05) is 17.2 Å². The number of amides is 2. The van der Waals surface area contributed by atoms with E-state index in [9.17, 15) is 4.79 Å². The molecule has 0 fully saturated rings. The smallest absolute Gasteiger partial charge is 0.323 e. The van der Waals surface area contributed by atoms with Crippen LogP contribution in [0.25, 0.3) is 0 Å². The van der Waals surface area contributed by atoms with Crippen LogP contribution in [-0.2, 0) is 0 Å². The summed E-state index contributed by atoms with van der Waals surface area (Å²) in [4.78, 5) is 12.0. The molecule has 0 bridgehead atoms. The van der Waals surface area contributed by atoms with Gasteiger partial charge in [0.25, 0.3) is 0 Å². The number of ether oxygens (including phenoxy) is 1. The van der Waals surface area contributed by atoms with E-state index in [4.69, 9.17) is 16.3 Å². The number of anilines is 2. The van der Waals surface area contributed by atoms with Crippen molar-refractivity contribution in [1.82, 2.24) is 0 Å². The molecule has 0 saturated heterocycles. The van der Waals surface area contributed by atoms with Crippen LogP contribution in [0.2, 0.25) is 5.02 Å². The maximum atomic E-state index is 12.0. The summed E-state index contributed by atoms with van der Waals surface area (Å²) in [5.74, 6) is 0.587. The number of rotatable bonds is 5. The molecule has 2 rings (SSSR count). The summed E-state index contributed by atoms with van der Waals surface area (Å²) in [7, 11) is 0. The summed E-state index contributed by atoms with van der Waals surface area (Å²) in [6.45, 7) is 3.97. The molecule has 2 aromatic rings. The number of benzene rings is 2. The molecule has 0 aliphatic carbocycles. The molecule has 2 N–H and O–H groups in total. The minimum Gasteiger partial charge on any atom is -0.487 e. The lowest BCUT2D eigenvalue weighted by Crippen LogP contribution is -2.19. The van der Waals surface area contributed by atoms with Crippen molar-refractivity contribution in [3.05, 3.63) is 66.2 Å². The number of carbonyl (C=O) groups excluding carboxylic acids is 1. The topological polar surface area (TPSA) is 50.4 Å². The summed E-state index contributed by atoms with van der Waals surface area (Å²) >= 11 is 5.79. The number of nitrogens with one attached hydrogen (secondary N) is 2. The van der Waals surface area contributed by atoms with Crippen LogP contribution < -0.4 is 15.4 Å². The Labute approximate surface area is 128 Å². The zero-order valence-electron chi connectivity index (χ0n) is 11.3. The van der Waals surface area contributed by atoms with Gasteiger partial charge in [-0.1, -0.05) is 36.4 Å². The summed E-state index contributed by atoms with van der Waals surface area (Å²) in [5.41, 5.74) is 1.24. The molecular weight excluding hydrogens is 288 g/mol. The number of carbonyl (C=O) groups is 1. The molecule has 0 atom stereocenters. The molecule has 0 aliphatic heterocycles. The van der Waals surface area contributed by atoms with Gasteiger partial charge in [-0.2, -0.15) is 0 Å². The van der Waals surface area contributed by atoms with Crippen LogP contribution >= 0.6 is 11.6 Å². The molecule has 0 saturated carbocycles. The van der Waals surface area contributed by atoms with E-state index in [1.807, 2.05) is 12.1 Å². The molecular formula is C16H15ClN2O2. The minimum atomic E-state index is -0.355. The monoisotopic (exact) mass is 302 g/mol. The first-order valence-electron chi connectivity index (χ1n) is 6.35. The quantitative estimate of drug-likeness (QED) is 0.796. The van der Waals surface area contributed by atoms with E-state index in [0.29, 0.717) is 28.8 Å². The molecule has 2 amide bonds. The molecule has 0 radical (unpaired) electrons. The maximum absolute atomic E-state index is 12.0. The summed E-state index contributed by atoms with van der Waals surface area (Å²) in [6.07, 6.45) is 1.64. The summed E-state index contributed by atoms with van der Waals surface area (Å²) in [6, 6.07) is 13.7. The van der Waals surface area contributed by atoms with Crippen molar-refractivity contribution < 1.29 is 9.53 Å². The third kappa shape index (κ3) is 4.54. The third-order valence-corrected chi connectivity index (χ3v) is 2.85. The normalized spacial score (nSPS) is 9.76. The Balaban J connectivity index is 2.02. The lowest BCUT2D eigenvalue weighted by molar-refractivity contribution is 0.262. The lowest BCUT2D eigenvalue weighted by atomic mass is 10.3. The largest absolute Gasteiger partial charge is 0.487 e. The standard InChI is InChI=1S/C16H15ClN2O2/c1-2-11-21-15-6-4-3-5-14(15)19-16(20)18-13-9-7-12(17)8-10-13/h2-10H,1,11H2,(H2,18,19,20). The van der Waals surface area contributed by atoms with Gasteiger partial charge in [-0.15, -0.1) is 0 Å². The SMILES string of the molecule is C=CCOc1ccccc1NC(=O)Nc1ccc(Cl)cc1. The van der Waals surface area contributed by atoms with Crippen molar-refractivity contribution in [3.8, 4) is 5.75 Å². The van der Waals surface area contributed by atoms with Gasteiger partial charge in [0, 0.05) is 10.7 Å². The first-order chi connectivity index (χ1) is 10.2. The van der Waals surface area contributed by atoms with Gasteiger partial charge in [0.15, 0.2) is 0 Å². The number of hydrogen-bond acceptors (Lipinski definition) is 2. The Hall–Kier alpha value is -2.46. The van der Waals surface area contributed by atoms with Gasteiger partial charge < -0.3 is 15.4 Å². The van der Waals surface area contributed by atoms with Gasteiger partial charge in [-0.25, -0.2) is 4.79 Å². The average Bonchev–Trinajstić information content (AvgIpc) is 2.49. The second-order valence-corrected chi connectivity index (χ2v) is 4.62. The Bertz CT molecular complexity index is 626. The molecule has 2 aromatic carbocycles. The van der Waals surface area contributed by atoms with Crippen LogP contribution in [0.5, 0.6) is 5.75 Å². The first-order valence-corrected chi connectivity index (χ1v) is 6.73. The zero-order chi connectivity index (χ0) is 15.1. The fourth-order valence-electron chi connectivity index (χ4n) is 1.66. The fourth-order valence-corrected chi connectivity index (χ4v) is 1.79. The molecule has 5 heteroatoms. The van der Waals surface area contributed by atoms with E-state index in [1.54, 1.807) is 42.5 Å². The van der Waals surface area contributed by atoms with Gasteiger partial charge in [0.05, 0.1) is 5.69 Å². The number of hydrogen-bond donors (Lipinski definition) is 2. The minimum absolute atomic E-state index is 0.355. The Morgan fingerprint density at radius 2 is 1.86 bits per heavy atom.